The highest BCUT2D eigenvalue weighted by Gasteiger charge is 2.45. The van der Waals surface area contributed by atoms with Gasteiger partial charge in [0.1, 0.15) is 0 Å². The van der Waals surface area contributed by atoms with Crippen LogP contribution in [0, 0.1) is 28.6 Å². The van der Waals surface area contributed by atoms with E-state index >= 15 is 0 Å². The van der Waals surface area contributed by atoms with E-state index < -0.39 is 23.3 Å². The molecule has 1 unspecified atom stereocenters. The number of halogens is 3. The molecule has 1 saturated carbocycles. The minimum atomic E-state index is -4.68. The van der Waals surface area contributed by atoms with E-state index in [4.69, 9.17) is 10.1 Å². The van der Waals surface area contributed by atoms with Gasteiger partial charge in [-0.2, -0.15) is 23.2 Å². The molecule has 0 bridgehead atoms. The summed E-state index contributed by atoms with van der Waals surface area (Å²) in [5.41, 5.74) is -1.67. The van der Waals surface area contributed by atoms with E-state index in [1.54, 1.807) is 6.07 Å². The van der Waals surface area contributed by atoms with Crippen LogP contribution >= 0.6 is 0 Å². The van der Waals surface area contributed by atoms with E-state index in [2.05, 4.69) is 0 Å². The fraction of sp³-hybridized carbons (Fsp3) is 0.474. The molecule has 4 nitrogen and oxygen atoms in total. The third-order valence-corrected chi connectivity index (χ3v) is 4.71. The Morgan fingerprint density at radius 3 is 2.42 bits per heavy atom. The third kappa shape index (κ3) is 3.28. The van der Waals surface area contributed by atoms with E-state index in [0.717, 1.165) is 23.6 Å². The maximum Gasteiger partial charge on any atom is 0.418 e. The van der Waals surface area contributed by atoms with E-state index in [0.29, 0.717) is 0 Å². The van der Waals surface area contributed by atoms with Crippen molar-refractivity contribution in [3.8, 4) is 6.07 Å². The number of nitriles is 1. The average molecular weight is 364 g/mol. The Morgan fingerprint density at radius 1 is 1.27 bits per heavy atom. The number of hydrogen-bond acceptors (Lipinski definition) is 3. The Balaban J connectivity index is 2.00. The number of benzene rings is 1. The first-order chi connectivity index (χ1) is 12.0. The van der Waals surface area contributed by atoms with Crippen molar-refractivity contribution < 1.29 is 22.8 Å². The molecule has 1 aliphatic carbocycles. The minimum absolute atomic E-state index is 0.105. The molecule has 3 rings (SSSR count). The molecular weight excluding hydrogens is 345 g/mol. The fourth-order valence-electron chi connectivity index (χ4n) is 3.51. The molecular formula is C19H19F3N2O2. The molecule has 0 aliphatic heterocycles. The zero-order valence-electron chi connectivity index (χ0n) is 14.7. The Morgan fingerprint density at radius 2 is 1.92 bits per heavy atom. The number of rotatable bonds is 3. The maximum absolute atomic E-state index is 13.4. The fourth-order valence-corrected chi connectivity index (χ4v) is 3.51. The molecule has 138 valence electrons. The largest absolute Gasteiger partial charge is 0.418 e. The second kappa shape index (κ2) is 6.04. The molecule has 0 N–H and O–H groups in total. The highest BCUT2D eigenvalue weighted by molar-refractivity contribution is 5.87. The van der Waals surface area contributed by atoms with Crippen molar-refractivity contribution in [2.75, 3.05) is 0 Å². The summed E-state index contributed by atoms with van der Waals surface area (Å²) in [6.07, 6.45) is -1.49. The summed E-state index contributed by atoms with van der Waals surface area (Å²) in [7, 11) is 0. The standard InChI is InChI=1S/C19H19F3N2O2/c1-18(2,3)16(11-4-5-11)17(25)26-24-9-8-13-14(24)7-6-12(10-23)15(13)19(20,21)22/h6-9,11,16H,4-5H2,1-3H3. The van der Waals surface area contributed by atoms with E-state index in [9.17, 15) is 18.0 Å². The molecule has 2 aromatic rings. The first-order valence-corrected chi connectivity index (χ1v) is 8.37. The molecule has 1 fully saturated rings. The van der Waals surface area contributed by atoms with Gasteiger partial charge in [0.25, 0.3) is 0 Å². The molecule has 1 atom stereocenters. The summed E-state index contributed by atoms with van der Waals surface area (Å²) in [6, 6.07) is 5.24. The van der Waals surface area contributed by atoms with Crippen molar-refractivity contribution in [1.29, 1.82) is 5.26 Å². The molecule has 1 aromatic heterocycles. The number of hydrogen-bond donors (Lipinski definition) is 0. The molecule has 1 heterocycles. The monoisotopic (exact) mass is 364 g/mol. The molecule has 0 radical (unpaired) electrons. The Kier molecular flexibility index (Phi) is 4.26. The van der Waals surface area contributed by atoms with Crippen LogP contribution in [0.4, 0.5) is 13.2 Å². The van der Waals surface area contributed by atoms with Crippen LogP contribution in [-0.4, -0.2) is 10.7 Å². The van der Waals surface area contributed by atoms with Crippen LogP contribution < -0.4 is 4.84 Å². The van der Waals surface area contributed by atoms with Crippen LogP contribution in [0.15, 0.2) is 24.4 Å². The van der Waals surface area contributed by atoms with Gasteiger partial charge >= 0.3 is 12.1 Å². The number of nitrogens with zero attached hydrogens (tertiary/aromatic N) is 2. The highest BCUT2D eigenvalue weighted by Crippen LogP contribution is 2.46. The normalized spacial score (nSPS) is 16.3. The summed E-state index contributed by atoms with van der Waals surface area (Å²) < 4.78 is 41.2. The topological polar surface area (TPSA) is 55.0 Å². The lowest BCUT2D eigenvalue weighted by Crippen LogP contribution is -2.36. The first kappa shape index (κ1) is 18.3. The van der Waals surface area contributed by atoms with Crippen molar-refractivity contribution in [3.63, 3.8) is 0 Å². The van der Waals surface area contributed by atoms with Gasteiger partial charge in [-0.05, 0) is 42.4 Å². The molecule has 26 heavy (non-hydrogen) atoms. The second-order valence-electron chi connectivity index (χ2n) is 7.76. The molecule has 0 amide bonds. The first-order valence-electron chi connectivity index (χ1n) is 8.37. The van der Waals surface area contributed by atoms with Crippen LogP contribution in [0.25, 0.3) is 10.9 Å². The lowest BCUT2D eigenvalue weighted by atomic mass is 9.78. The van der Waals surface area contributed by atoms with Gasteiger partial charge in [0.15, 0.2) is 0 Å². The van der Waals surface area contributed by atoms with Crippen molar-refractivity contribution in [2.24, 2.45) is 17.3 Å². The molecule has 0 spiro atoms. The Bertz CT molecular complexity index is 896. The van der Waals surface area contributed by atoms with Crippen molar-refractivity contribution >= 4 is 16.9 Å². The van der Waals surface area contributed by atoms with Gasteiger partial charge in [-0.1, -0.05) is 20.8 Å². The average Bonchev–Trinajstić information content (AvgIpc) is 3.24. The van der Waals surface area contributed by atoms with Gasteiger partial charge < -0.3 is 4.84 Å². The minimum Gasteiger partial charge on any atom is -0.336 e. The molecule has 1 aliphatic rings. The summed E-state index contributed by atoms with van der Waals surface area (Å²) in [5.74, 6) is -0.518. The quantitative estimate of drug-likeness (QED) is 0.802. The maximum atomic E-state index is 13.4. The number of carbonyl (C=O) groups excluding carboxylic acids is 1. The van der Waals surface area contributed by atoms with Crippen LogP contribution in [0.3, 0.4) is 0 Å². The zero-order valence-corrected chi connectivity index (χ0v) is 14.7. The molecule has 1 aromatic carbocycles. The predicted octanol–water partition coefficient (Wildman–Crippen LogP) is 4.56. The zero-order chi connectivity index (χ0) is 19.3. The number of alkyl halides is 3. The summed E-state index contributed by atoms with van der Waals surface area (Å²) in [6.45, 7) is 5.85. The number of aromatic nitrogens is 1. The van der Waals surface area contributed by atoms with Gasteiger partial charge in [-0.25, -0.2) is 4.79 Å². The van der Waals surface area contributed by atoms with Crippen LogP contribution in [-0.2, 0) is 11.0 Å². The summed E-state index contributed by atoms with van der Waals surface area (Å²) in [5, 5.41) is 8.82. The number of carbonyl (C=O) groups is 1. The molecule has 7 heteroatoms. The smallest absolute Gasteiger partial charge is 0.336 e. The summed E-state index contributed by atoms with van der Waals surface area (Å²) in [4.78, 5) is 18.1. The summed E-state index contributed by atoms with van der Waals surface area (Å²) >= 11 is 0. The van der Waals surface area contributed by atoms with Crippen molar-refractivity contribution in [1.82, 2.24) is 4.73 Å². The van der Waals surface area contributed by atoms with E-state index in [1.807, 2.05) is 20.8 Å². The Hall–Kier alpha value is -2.49. The second-order valence-corrected chi connectivity index (χ2v) is 7.76. The highest BCUT2D eigenvalue weighted by atomic mass is 19.4. The van der Waals surface area contributed by atoms with Gasteiger partial charge in [0.05, 0.1) is 28.6 Å². The van der Waals surface area contributed by atoms with E-state index in [-0.39, 0.29) is 28.2 Å². The lowest BCUT2D eigenvalue weighted by Gasteiger charge is -2.28. The van der Waals surface area contributed by atoms with Gasteiger partial charge in [-0.15, -0.1) is 0 Å². The van der Waals surface area contributed by atoms with Crippen LogP contribution in [0.5, 0.6) is 0 Å². The van der Waals surface area contributed by atoms with Gasteiger partial charge in [0, 0.05) is 11.6 Å². The van der Waals surface area contributed by atoms with Crippen molar-refractivity contribution in [2.45, 2.75) is 39.8 Å². The van der Waals surface area contributed by atoms with Gasteiger partial charge in [0.2, 0.25) is 0 Å². The number of fused-ring (bicyclic) bond motifs is 1. The lowest BCUT2D eigenvalue weighted by molar-refractivity contribution is -0.153. The van der Waals surface area contributed by atoms with Crippen LogP contribution in [0.1, 0.15) is 44.7 Å². The Labute approximate surface area is 149 Å². The van der Waals surface area contributed by atoms with Gasteiger partial charge in [-0.3, -0.25) is 0 Å². The predicted molar refractivity (Wildman–Crippen MR) is 88.9 cm³/mol. The SMILES string of the molecule is CC(C)(C)C(C(=O)On1ccc2c(C(F)(F)F)c(C#N)ccc21)C1CC1. The molecule has 0 saturated heterocycles. The van der Waals surface area contributed by atoms with E-state index in [1.165, 1.54) is 18.3 Å². The third-order valence-electron chi connectivity index (χ3n) is 4.71. The van der Waals surface area contributed by atoms with Crippen molar-refractivity contribution in [3.05, 3.63) is 35.5 Å². The van der Waals surface area contributed by atoms with Crippen LogP contribution in [0.2, 0.25) is 0 Å².